The van der Waals surface area contributed by atoms with Gasteiger partial charge < -0.3 is 5.32 Å². The minimum atomic E-state index is -0.0802. The standard InChI is InChI=1S/C22H23N3O3S/c1-3-13-25-21(28)17-7-5-6-8-18(17)24-22(25)29-14-19(26)15-9-11-16(12-10-15)23-20(27)4-2/h5-12H,3-4,13-14H2,1-2H3,(H,23,27). The molecule has 1 aromatic heterocycles. The fourth-order valence-electron chi connectivity index (χ4n) is 2.88. The van der Waals surface area contributed by atoms with Gasteiger partial charge in [-0.2, -0.15) is 0 Å². The number of fused-ring (bicyclic) bond motifs is 1. The highest BCUT2D eigenvalue weighted by molar-refractivity contribution is 7.99. The van der Waals surface area contributed by atoms with Crippen molar-refractivity contribution in [1.29, 1.82) is 0 Å². The minimum Gasteiger partial charge on any atom is -0.326 e. The van der Waals surface area contributed by atoms with Gasteiger partial charge in [0.05, 0.1) is 16.7 Å². The van der Waals surface area contributed by atoms with Gasteiger partial charge in [-0.05, 0) is 42.8 Å². The first kappa shape index (κ1) is 20.8. The molecule has 0 spiro atoms. The molecule has 1 amide bonds. The second-order valence-electron chi connectivity index (χ2n) is 6.56. The third kappa shape index (κ3) is 4.92. The number of nitrogens with zero attached hydrogens (tertiary/aromatic N) is 2. The van der Waals surface area contributed by atoms with Gasteiger partial charge in [0.2, 0.25) is 5.91 Å². The Morgan fingerprint density at radius 3 is 2.48 bits per heavy atom. The van der Waals surface area contributed by atoms with Gasteiger partial charge in [0.15, 0.2) is 10.9 Å². The molecular formula is C22H23N3O3S. The largest absolute Gasteiger partial charge is 0.326 e. The predicted octanol–water partition coefficient (Wildman–Crippen LogP) is 4.13. The zero-order valence-electron chi connectivity index (χ0n) is 16.5. The highest BCUT2D eigenvalue weighted by Gasteiger charge is 2.14. The van der Waals surface area contributed by atoms with Crippen molar-refractivity contribution >= 4 is 40.0 Å². The van der Waals surface area contributed by atoms with Gasteiger partial charge in [-0.25, -0.2) is 4.98 Å². The van der Waals surface area contributed by atoms with Crippen LogP contribution in [0.4, 0.5) is 5.69 Å². The summed E-state index contributed by atoms with van der Waals surface area (Å²) in [6.07, 6.45) is 1.20. The molecule has 0 bridgehead atoms. The van der Waals surface area contributed by atoms with E-state index >= 15 is 0 Å². The maximum atomic E-state index is 12.8. The quantitative estimate of drug-likeness (QED) is 0.344. The summed E-state index contributed by atoms with van der Waals surface area (Å²) < 4.78 is 1.64. The average molecular weight is 410 g/mol. The van der Waals surface area contributed by atoms with E-state index in [1.807, 2.05) is 25.1 Å². The van der Waals surface area contributed by atoms with E-state index < -0.39 is 0 Å². The van der Waals surface area contributed by atoms with Crippen LogP contribution in [0.15, 0.2) is 58.5 Å². The lowest BCUT2D eigenvalue weighted by molar-refractivity contribution is -0.115. The van der Waals surface area contributed by atoms with Crippen molar-refractivity contribution in [2.75, 3.05) is 11.1 Å². The minimum absolute atomic E-state index is 0.0613. The van der Waals surface area contributed by atoms with Crippen LogP contribution in [0.3, 0.4) is 0 Å². The average Bonchev–Trinajstić information content (AvgIpc) is 2.74. The Morgan fingerprint density at radius 2 is 1.79 bits per heavy atom. The number of aromatic nitrogens is 2. The van der Waals surface area contributed by atoms with E-state index in [0.29, 0.717) is 40.3 Å². The van der Waals surface area contributed by atoms with Gasteiger partial charge in [-0.15, -0.1) is 0 Å². The van der Waals surface area contributed by atoms with Crippen molar-refractivity contribution in [2.45, 2.75) is 38.4 Å². The number of nitrogens with one attached hydrogen (secondary N) is 1. The smallest absolute Gasteiger partial charge is 0.262 e. The van der Waals surface area contributed by atoms with Crippen LogP contribution in [0.1, 0.15) is 37.0 Å². The van der Waals surface area contributed by atoms with Crippen molar-refractivity contribution in [3.05, 3.63) is 64.4 Å². The number of rotatable bonds is 8. The van der Waals surface area contributed by atoms with Crippen molar-refractivity contribution in [3.8, 4) is 0 Å². The van der Waals surface area contributed by atoms with E-state index in [2.05, 4.69) is 10.3 Å². The number of ketones is 1. The topological polar surface area (TPSA) is 81.1 Å². The zero-order valence-corrected chi connectivity index (χ0v) is 17.3. The molecular weight excluding hydrogens is 386 g/mol. The Morgan fingerprint density at radius 1 is 1.07 bits per heavy atom. The number of para-hydroxylation sites is 1. The second-order valence-corrected chi connectivity index (χ2v) is 7.50. The van der Waals surface area contributed by atoms with Crippen molar-refractivity contribution in [2.24, 2.45) is 0 Å². The highest BCUT2D eigenvalue weighted by atomic mass is 32.2. The van der Waals surface area contributed by atoms with E-state index in [0.717, 1.165) is 6.42 Å². The molecule has 0 aliphatic heterocycles. The van der Waals surface area contributed by atoms with Crippen molar-refractivity contribution in [1.82, 2.24) is 9.55 Å². The molecule has 150 valence electrons. The molecule has 3 rings (SSSR count). The number of hydrogen-bond acceptors (Lipinski definition) is 5. The Balaban J connectivity index is 1.77. The van der Waals surface area contributed by atoms with Crippen LogP contribution in [0.2, 0.25) is 0 Å². The van der Waals surface area contributed by atoms with Gasteiger partial charge in [-0.1, -0.05) is 37.7 Å². The zero-order chi connectivity index (χ0) is 20.8. The molecule has 0 fully saturated rings. The lowest BCUT2D eigenvalue weighted by Crippen LogP contribution is -2.23. The number of benzene rings is 2. The molecule has 0 saturated heterocycles. The van der Waals surface area contributed by atoms with E-state index in [1.54, 1.807) is 41.8 Å². The van der Waals surface area contributed by atoms with Crippen LogP contribution < -0.4 is 10.9 Å². The first-order valence-corrected chi connectivity index (χ1v) is 10.6. The van der Waals surface area contributed by atoms with Crippen LogP contribution in [0.25, 0.3) is 10.9 Å². The first-order valence-electron chi connectivity index (χ1n) is 9.59. The fraction of sp³-hybridized carbons (Fsp3) is 0.273. The molecule has 3 aromatic rings. The Hall–Kier alpha value is -2.93. The number of thioether (sulfide) groups is 1. The van der Waals surface area contributed by atoms with Gasteiger partial charge in [-0.3, -0.25) is 19.0 Å². The van der Waals surface area contributed by atoms with E-state index in [4.69, 9.17) is 0 Å². The molecule has 0 radical (unpaired) electrons. The molecule has 7 heteroatoms. The summed E-state index contributed by atoms with van der Waals surface area (Å²) in [4.78, 5) is 41.4. The lowest BCUT2D eigenvalue weighted by atomic mass is 10.1. The van der Waals surface area contributed by atoms with E-state index in [-0.39, 0.29) is 23.0 Å². The Bertz CT molecular complexity index is 1090. The summed E-state index contributed by atoms with van der Waals surface area (Å²) in [5, 5.41) is 3.89. The van der Waals surface area contributed by atoms with Gasteiger partial charge >= 0.3 is 0 Å². The van der Waals surface area contributed by atoms with Gasteiger partial charge in [0.25, 0.3) is 5.56 Å². The lowest BCUT2D eigenvalue weighted by Gasteiger charge is -2.12. The summed E-state index contributed by atoms with van der Waals surface area (Å²) in [5.74, 6) is 0.0412. The molecule has 29 heavy (non-hydrogen) atoms. The summed E-state index contributed by atoms with van der Waals surface area (Å²) >= 11 is 1.27. The monoisotopic (exact) mass is 409 g/mol. The summed E-state index contributed by atoms with van der Waals surface area (Å²) in [7, 11) is 0. The first-order chi connectivity index (χ1) is 14.0. The third-order valence-corrected chi connectivity index (χ3v) is 5.39. The normalized spacial score (nSPS) is 10.8. The number of hydrogen-bond donors (Lipinski definition) is 1. The number of carbonyl (C=O) groups excluding carboxylic acids is 2. The van der Waals surface area contributed by atoms with Gasteiger partial charge in [0, 0.05) is 24.2 Å². The van der Waals surface area contributed by atoms with E-state index in [9.17, 15) is 14.4 Å². The molecule has 1 N–H and O–H groups in total. The van der Waals surface area contributed by atoms with Crippen LogP contribution >= 0.6 is 11.8 Å². The molecule has 6 nitrogen and oxygen atoms in total. The van der Waals surface area contributed by atoms with Crippen molar-refractivity contribution in [3.63, 3.8) is 0 Å². The van der Waals surface area contributed by atoms with E-state index in [1.165, 1.54) is 11.8 Å². The van der Waals surface area contributed by atoms with Gasteiger partial charge in [0.1, 0.15) is 0 Å². The molecule has 0 aliphatic rings. The number of carbonyl (C=O) groups is 2. The maximum Gasteiger partial charge on any atom is 0.262 e. The molecule has 0 atom stereocenters. The van der Waals surface area contributed by atoms with Crippen LogP contribution in [-0.4, -0.2) is 27.0 Å². The molecule has 2 aromatic carbocycles. The summed E-state index contributed by atoms with van der Waals surface area (Å²) in [6.45, 7) is 4.34. The molecule has 1 heterocycles. The van der Waals surface area contributed by atoms with Crippen LogP contribution in [0, 0.1) is 0 Å². The third-order valence-electron chi connectivity index (χ3n) is 4.42. The van der Waals surface area contributed by atoms with Crippen molar-refractivity contribution < 1.29 is 9.59 Å². The Kier molecular flexibility index (Phi) is 6.82. The van der Waals surface area contributed by atoms with Crippen LogP contribution in [-0.2, 0) is 11.3 Å². The fourth-order valence-corrected chi connectivity index (χ4v) is 3.80. The number of amides is 1. The summed E-state index contributed by atoms with van der Waals surface area (Å²) in [5.41, 5.74) is 1.77. The summed E-state index contributed by atoms with van der Waals surface area (Å²) in [6, 6.07) is 14.1. The molecule has 0 aliphatic carbocycles. The highest BCUT2D eigenvalue weighted by Crippen LogP contribution is 2.20. The Labute approximate surface area is 173 Å². The molecule has 0 saturated carbocycles. The number of Topliss-reactive ketones (excluding diaryl/α,β-unsaturated/α-hetero) is 1. The SMILES string of the molecule is CCCn1c(SCC(=O)c2ccc(NC(=O)CC)cc2)nc2ccccc2c1=O. The second kappa shape index (κ2) is 9.52. The number of anilines is 1. The molecule has 0 unspecified atom stereocenters. The predicted molar refractivity (Wildman–Crippen MR) is 117 cm³/mol. The maximum absolute atomic E-state index is 12.8. The van der Waals surface area contributed by atoms with Crippen LogP contribution in [0.5, 0.6) is 0 Å².